The molecule has 0 unspecified atom stereocenters. The minimum Gasteiger partial charge on any atom is -0.480 e. The van der Waals surface area contributed by atoms with E-state index in [2.05, 4.69) is 18.8 Å². The Morgan fingerprint density at radius 2 is 1.69 bits per heavy atom. The van der Waals surface area contributed by atoms with Gasteiger partial charge in [-0.25, -0.2) is 4.79 Å². The fourth-order valence-corrected chi connectivity index (χ4v) is 4.32. The quantitative estimate of drug-likeness (QED) is 0.826. The normalized spacial score (nSPS) is 20.2. The summed E-state index contributed by atoms with van der Waals surface area (Å²) in [7, 11) is 0. The van der Waals surface area contributed by atoms with Gasteiger partial charge < -0.3 is 5.11 Å². The summed E-state index contributed by atoms with van der Waals surface area (Å²) >= 11 is 0. The van der Waals surface area contributed by atoms with Crippen LogP contribution in [0.15, 0.2) is 65.2 Å². The summed E-state index contributed by atoms with van der Waals surface area (Å²) in [6, 6.07) is 16.2. The molecule has 1 atom stereocenters. The first kappa shape index (κ1) is 19.3. The van der Waals surface area contributed by atoms with E-state index in [1.54, 1.807) is 0 Å². The van der Waals surface area contributed by atoms with Crippen LogP contribution < -0.4 is 0 Å². The van der Waals surface area contributed by atoms with Crippen molar-refractivity contribution in [1.82, 2.24) is 0 Å². The third-order valence-electron chi connectivity index (χ3n) is 5.91. The maximum absolute atomic E-state index is 13.4. The Bertz CT molecular complexity index is 1030. The Morgan fingerprint density at radius 1 is 1.03 bits per heavy atom. The van der Waals surface area contributed by atoms with Gasteiger partial charge in [0.25, 0.3) is 0 Å². The van der Waals surface area contributed by atoms with Crippen LogP contribution in [0, 0.1) is 5.41 Å². The lowest BCUT2D eigenvalue weighted by Gasteiger charge is -2.36. The molecule has 2 aliphatic carbocycles. The van der Waals surface area contributed by atoms with Gasteiger partial charge in [0, 0.05) is 17.6 Å². The van der Waals surface area contributed by atoms with Crippen LogP contribution in [0.1, 0.15) is 49.8 Å². The highest BCUT2D eigenvalue weighted by molar-refractivity contribution is 6.54. The number of aliphatic imine (C=N–C) groups is 1. The Kier molecular flexibility index (Phi) is 4.95. The lowest BCUT2D eigenvalue weighted by molar-refractivity contribution is -0.138. The second-order valence-corrected chi connectivity index (χ2v) is 8.69. The van der Waals surface area contributed by atoms with Gasteiger partial charge in [0.05, 0.1) is 0 Å². The molecule has 2 aliphatic rings. The van der Waals surface area contributed by atoms with Crippen molar-refractivity contribution >= 4 is 23.0 Å². The van der Waals surface area contributed by atoms with E-state index in [1.165, 1.54) is 0 Å². The highest BCUT2D eigenvalue weighted by atomic mass is 16.4. The van der Waals surface area contributed by atoms with Gasteiger partial charge in [-0.15, -0.1) is 0 Å². The number of carbonyl (C=O) groups is 2. The number of rotatable bonds is 4. The lowest BCUT2D eigenvalue weighted by Crippen LogP contribution is -2.32. The molecule has 4 rings (SSSR count). The standard InChI is InChI=1S/C25H25NO3/c1-25(2)13-12-19-20(15-25)17-10-6-7-11-18(17)22(23(19)27)26-21(24(28)29)14-16-8-4-3-5-9-16/h3-11,21H,12-15H2,1-2H3,(H,28,29)/t21-/m1/s1. The van der Waals surface area contributed by atoms with Crippen LogP contribution in [-0.2, 0) is 16.0 Å². The van der Waals surface area contributed by atoms with Crippen molar-refractivity contribution in [3.63, 3.8) is 0 Å². The second-order valence-electron chi connectivity index (χ2n) is 8.69. The highest BCUT2D eigenvalue weighted by Gasteiger charge is 2.37. The van der Waals surface area contributed by atoms with Gasteiger partial charge >= 0.3 is 5.97 Å². The Labute approximate surface area is 171 Å². The summed E-state index contributed by atoms with van der Waals surface area (Å²) < 4.78 is 0. The Morgan fingerprint density at radius 3 is 2.38 bits per heavy atom. The van der Waals surface area contributed by atoms with E-state index < -0.39 is 12.0 Å². The molecule has 0 amide bonds. The molecule has 4 nitrogen and oxygen atoms in total. The van der Waals surface area contributed by atoms with Crippen molar-refractivity contribution in [1.29, 1.82) is 0 Å². The first-order chi connectivity index (χ1) is 13.9. The molecule has 0 saturated carbocycles. The van der Waals surface area contributed by atoms with E-state index in [0.717, 1.165) is 40.7 Å². The summed E-state index contributed by atoms with van der Waals surface area (Å²) in [5.41, 5.74) is 5.03. The molecule has 0 spiro atoms. The number of aliphatic carboxylic acids is 1. The molecule has 0 radical (unpaired) electrons. The molecule has 0 bridgehead atoms. The Hall–Kier alpha value is -3.01. The van der Waals surface area contributed by atoms with Crippen LogP contribution in [0.25, 0.3) is 5.57 Å². The van der Waals surface area contributed by atoms with E-state index in [0.29, 0.717) is 12.1 Å². The van der Waals surface area contributed by atoms with Crippen LogP contribution in [0.2, 0.25) is 0 Å². The number of carboxylic acid groups (broad SMARTS) is 1. The monoisotopic (exact) mass is 387 g/mol. The predicted molar refractivity (Wildman–Crippen MR) is 114 cm³/mol. The van der Waals surface area contributed by atoms with Crippen molar-refractivity contribution in [2.45, 2.75) is 45.6 Å². The number of nitrogens with zero attached hydrogens (tertiary/aromatic N) is 1. The number of Topliss-reactive ketones (excluding diaryl/α,β-unsaturated/α-hetero) is 1. The van der Waals surface area contributed by atoms with Gasteiger partial charge in [0.1, 0.15) is 5.71 Å². The summed E-state index contributed by atoms with van der Waals surface area (Å²) in [4.78, 5) is 29.8. The molecule has 0 aromatic heterocycles. The molecule has 2 aromatic carbocycles. The zero-order valence-electron chi connectivity index (χ0n) is 16.8. The maximum Gasteiger partial charge on any atom is 0.328 e. The van der Waals surface area contributed by atoms with E-state index in [1.807, 2.05) is 54.6 Å². The van der Waals surface area contributed by atoms with E-state index in [9.17, 15) is 14.7 Å². The molecule has 2 aromatic rings. The number of ketones is 1. The molecule has 0 fully saturated rings. The molecule has 1 N–H and O–H groups in total. The summed E-state index contributed by atoms with van der Waals surface area (Å²) in [6.45, 7) is 4.46. The fraction of sp³-hybridized carbons (Fsp3) is 0.320. The average Bonchev–Trinajstić information content (AvgIpc) is 2.70. The van der Waals surface area contributed by atoms with Gasteiger partial charge in [-0.1, -0.05) is 68.4 Å². The molecule has 148 valence electrons. The van der Waals surface area contributed by atoms with Crippen LogP contribution >= 0.6 is 0 Å². The van der Waals surface area contributed by atoms with Gasteiger partial charge in [0.15, 0.2) is 6.04 Å². The van der Waals surface area contributed by atoms with Crippen LogP contribution in [0.3, 0.4) is 0 Å². The first-order valence-corrected chi connectivity index (χ1v) is 10.1. The third-order valence-corrected chi connectivity index (χ3v) is 5.91. The SMILES string of the molecule is CC1(C)CCC2=C(C1)c1ccccc1C(=N[C@H](Cc1ccccc1)C(=O)O)C2=O. The molecule has 0 aliphatic heterocycles. The van der Waals surface area contributed by atoms with Crippen LogP contribution in [0.4, 0.5) is 0 Å². The van der Waals surface area contributed by atoms with Crippen molar-refractivity contribution in [3.05, 3.63) is 76.9 Å². The average molecular weight is 387 g/mol. The number of fused-ring (bicyclic) bond motifs is 2. The van der Waals surface area contributed by atoms with Gasteiger partial charge in [-0.2, -0.15) is 0 Å². The summed E-state index contributed by atoms with van der Waals surface area (Å²) in [6.07, 6.45) is 2.77. The highest BCUT2D eigenvalue weighted by Crippen LogP contribution is 2.46. The van der Waals surface area contributed by atoms with Crippen molar-refractivity contribution < 1.29 is 14.7 Å². The zero-order chi connectivity index (χ0) is 20.6. The van der Waals surface area contributed by atoms with Crippen molar-refractivity contribution in [2.75, 3.05) is 0 Å². The molecular weight excluding hydrogens is 362 g/mol. The number of benzene rings is 2. The van der Waals surface area contributed by atoms with Crippen LogP contribution in [-0.4, -0.2) is 28.6 Å². The molecular formula is C25H25NO3. The largest absolute Gasteiger partial charge is 0.480 e. The molecule has 0 saturated heterocycles. The number of hydrogen-bond acceptors (Lipinski definition) is 3. The second kappa shape index (κ2) is 7.43. The van der Waals surface area contributed by atoms with Gasteiger partial charge in [-0.3, -0.25) is 9.79 Å². The number of carbonyl (C=O) groups excluding carboxylic acids is 1. The third kappa shape index (κ3) is 3.80. The van der Waals surface area contributed by atoms with Crippen molar-refractivity contribution in [3.8, 4) is 0 Å². The summed E-state index contributed by atoms with van der Waals surface area (Å²) in [5, 5.41) is 9.77. The van der Waals surface area contributed by atoms with E-state index >= 15 is 0 Å². The minimum absolute atomic E-state index is 0.103. The lowest BCUT2D eigenvalue weighted by atomic mass is 9.68. The number of carboxylic acids is 1. The molecule has 4 heteroatoms. The first-order valence-electron chi connectivity index (χ1n) is 10.1. The molecule has 29 heavy (non-hydrogen) atoms. The van der Waals surface area contributed by atoms with Gasteiger partial charge in [0.2, 0.25) is 5.78 Å². The maximum atomic E-state index is 13.4. The number of hydrogen-bond donors (Lipinski definition) is 1. The smallest absolute Gasteiger partial charge is 0.328 e. The summed E-state index contributed by atoms with van der Waals surface area (Å²) in [5.74, 6) is -1.12. The van der Waals surface area contributed by atoms with E-state index in [-0.39, 0.29) is 17.6 Å². The van der Waals surface area contributed by atoms with Crippen molar-refractivity contribution in [2.24, 2.45) is 10.4 Å². The zero-order valence-corrected chi connectivity index (χ0v) is 16.8. The van der Waals surface area contributed by atoms with Gasteiger partial charge in [-0.05, 0) is 41.4 Å². The van der Waals surface area contributed by atoms with E-state index in [4.69, 9.17) is 0 Å². The number of allylic oxidation sites excluding steroid dienone is 2. The Balaban J connectivity index is 1.79. The minimum atomic E-state index is -1.02. The predicted octanol–water partition coefficient (Wildman–Crippen LogP) is 4.72. The van der Waals surface area contributed by atoms with Crippen LogP contribution in [0.5, 0.6) is 0 Å². The topological polar surface area (TPSA) is 66.7 Å². The fourth-order valence-electron chi connectivity index (χ4n) is 4.32. The molecule has 0 heterocycles.